The molecule has 2 aromatic heterocycles. The standard InChI is InChI=1S/C39H34N4O/c40-38(44)32-15-14-30(21-26(32)22-39(28-12-13-28)24-42-18-16-29(39)17-19-42)43-35-10-4-2-7-33(35)37-31(8-5-11-36(37)43)27-20-25-6-1-3-9-34(25)41-23-27/h1-15,20-21,23,28-29H,16-19,22,24H2,(H2,40,44). The van der Waals surface area contributed by atoms with Crippen LogP contribution in [-0.2, 0) is 6.42 Å². The molecule has 0 spiro atoms. The largest absolute Gasteiger partial charge is 0.366 e. The van der Waals surface area contributed by atoms with Crippen molar-refractivity contribution in [1.29, 1.82) is 0 Å². The summed E-state index contributed by atoms with van der Waals surface area (Å²) in [6, 6.07) is 32.0. The molecule has 5 nitrogen and oxygen atoms in total. The zero-order valence-corrected chi connectivity index (χ0v) is 24.6. The Hall–Kier alpha value is -4.74. The Labute approximate surface area is 256 Å². The Morgan fingerprint density at radius 2 is 1.68 bits per heavy atom. The van der Waals surface area contributed by atoms with Crippen LogP contribution < -0.4 is 5.73 Å². The average molecular weight is 575 g/mol. The average Bonchev–Trinajstić information content (AvgIpc) is 3.87. The second-order valence-corrected chi connectivity index (χ2v) is 13.0. The lowest BCUT2D eigenvalue weighted by Crippen LogP contribution is -2.57. The lowest BCUT2D eigenvalue weighted by atomic mass is 9.60. The second-order valence-electron chi connectivity index (χ2n) is 13.0. The number of carbonyl (C=O) groups is 1. The van der Waals surface area contributed by atoms with Gasteiger partial charge in [0.15, 0.2) is 0 Å². The van der Waals surface area contributed by atoms with Crippen LogP contribution in [0.3, 0.4) is 0 Å². The first-order valence-corrected chi connectivity index (χ1v) is 15.8. The van der Waals surface area contributed by atoms with Gasteiger partial charge in [0.1, 0.15) is 0 Å². The van der Waals surface area contributed by atoms with Gasteiger partial charge in [-0.15, -0.1) is 0 Å². The highest BCUT2D eigenvalue weighted by molar-refractivity contribution is 6.16. The molecule has 1 unspecified atom stereocenters. The number of primary amides is 1. The van der Waals surface area contributed by atoms with E-state index < -0.39 is 0 Å². The maximum Gasteiger partial charge on any atom is 0.248 e. The molecular formula is C39H34N4O. The number of hydrogen-bond donors (Lipinski definition) is 1. The molecule has 3 saturated heterocycles. The number of allylic oxidation sites excluding steroid dienone is 2. The number of benzene rings is 4. The van der Waals surface area contributed by atoms with Gasteiger partial charge in [-0.3, -0.25) is 9.78 Å². The molecule has 5 heteroatoms. The lowest BCUT2D eigenvalue weighted by Gasteiger charge is -2.54. The van der Waals surface area contributed by atoms with E-state index in [4.69, 9.17) is 10.7 Å². The fourth-order valence-corrected chi connectivity index (χ4v) is 8.56. The Morgan fingerprint density at radius 1 is 0.886 bits per heavy atom. The maximum absolute atomic E-state index is 12.8. The summed E-state index contributed by atoms with van der Waals surface area (Å²) in [6.45, 7) is 3.48. The van der Waals surface area contributed by atoms with E-state index in [9.17, 15) is 4.79 Å². The summed E-state index contributed by atoms with van der Waals surface area (Å²) in [7, 11) is 0. The highest BCUT2D eigenvalue weighted by Gasteiger charge is 2.52. The van der Waals surface area contributed by atoms with Crippen molar-refractivity contribution >= 4 is 38.6 Å². The zero-order chi connectivity index (χ0) is 29.4. The molecule has 3 aliphatic heterocycles. The number of amides is 1. The number of nitrogens with two attached hydrogens (primary N) is 1. The van der Waals surface area contributed by atoms with Crippen LogP contribution in [0.25, 0.3) is 49.5 Å². The SMILES string of the molecule is NC(=O)c1ccc(-n2c3ccccc3c3c(-c4cnc5ccccc5c4)cccc32)cc1CC1(C2C=C2)CN2CCC1CC2. The van der Waals surface area contributed by atoms with E-state index in [2.05, 4.69) is 100 Å². The van der Waals surface area contributed by atoms with Crippen molar-refractivity contribution in [3.05, 3.63) is 120 Å². The summed E-state index contributed by atoms with van der Waals surface area (Å²) >= 11 is 0. The van der Waals surface area contributed by atoms with E-state index in [-0.39, 0.29) is 11.3 Å². The van der Waals surface area contributed by atoms with Gasteiger partial charge >= 0.3 is 0 Å². The number of nitrogens with zero attached hydrogens (tertiary/aromatic N) is 3. The van der Waals surface area contributed by atoms with E-state index in [1.807, 2.05) is 18.3 Å². The van der Waals surface area contributed by atoms with Crippen molar-refractivity contribution in [2.45, 2.75) is 19.3 Å². The number of hydrogen-bond acceptors (Lipinski definition) is 3. The minimum Gasteiger partial charge on any atom is -0.366 e. The Bertz CT molecular complexity index is 2150. The topological polar surface area (TPSA) is 64.2 Å². The molecule has 2 bridgehead atoms. The minimum atomic E-state index is -0.347. The van der Waals surface area contributed by atoms with Gasteiger partial charge in [-0.05, 0) is 97.3 Å². The van der Waals surface area contributed by atoms with Crippen LogP contribution in [0.15, 0.2) is 109 Å². The Morgan fingerprint density at radius 3 is 2.48 bits per heavy atom. The Kier molecular flexibility index (Phi) is 5.63. The van der Waals surface area contributed by atoms with Gasteiger partial charge < -0.3 is 15.2 Å². The molecule has 3 fully saturated rings. The van der Waals surface area contributed by atoms with Gasteiger partial charge in [-0.2, -0.15) is 0 Å². The van der Waals surface area contributed by atoms with Crippen LogP contribution in [0.4, 0.5) is 0 Å². The van der Waals surface area contributed by atoms with Crippen LogP contribution in [-0.4, -0.2) is 40.0 Å². The summed E-state index contributed by atoms with van der Waals surface area (Å²) in [5.74, 6) is 0.828. The lowest BCUT2D eigenvalue weighted by molar-refractivity contribution is -0.0389. The number of carbonyl (C=O) groups excluding carboxylic acids is 1. The molecule has 44 heavy (non-hydrogen) atoms. The first-order chi connectivity index (χ1) is 21.6. The van der Waals surface area contributed by atoms with E-state index in [1.165, 1.54) is 36.7 Å². The normalized spacial score (nSPS) is 22.7. The fraction of sp³-hybridized carbons (Fsp3) is 0.231. The van der Waals surface area contributed by atoms with E-state index in [0.717, 1.165) is 57.3 Å². The third kappa shape index (κ3) is 3.89. The number of para-hydroxylation sites is 2. The highest BCUT2D eigenvalue weighted by Crippen LogP contribution is 2.54. The number of aromatic nitrogens is 2. The van der Waals surface area contributed by atoms with Gasteiger partial charge in [-0.25, -0.2) is 0 Å². The number of fused-ring (bicyclic) bond motifs is 7. The summed E-state index contributed by atoms with van der Waals surface area (Å²) < 4.78 is 2.36. The zero-order valence-electron chi connectivity index (χ0n) is 24.6. The molecule has 6 aromatic rings. The van der Waals surface area contributed by atoms with Gasteiger partial charge in [0.25, 0.3) is 0 Å². The molecule has 4 aliphatic rings. The van der Waals surface area contributed by atoms with Crippen LogP contribution >= 0.6 is 0 Å². The predicted octanol–water partition coefficient (Wildman–Crippen LogP) is 7.54. The number of rotatable bonds is 6. The molecular weight excluding hydrogens is 540 g/mol. The van der Waals surface area contributed by atoms with Crippen molar-refractivity contribution in [1.82, 2.24) is 14.5 Å². The molecule has 1 atom stereocenters. The molecule has 216 valence electrons. The van der Waals surface area contributed by atoms with Crippen LogP contribution in [0.2, 0.25) is 0 Å². The molecule has 4 aromatic carbocycles. The summed E-state index contributed by atoms with van der Waals surface area (Å²) in [4.78, 5) is 20.2. The fourth-order valence-electron chi connectivity index (χ4n) is 8.56. The van der Waals surface area contributed by atoms with E-state index in [0.29, 0.717) is 17.4 Å². The molecule has 5 heterocycles. The number of piperidine rings is 3. The summed E-state index contributed by atoms with van der Waals surface area (Å²) in [5.41, 5.74) is 14.5. The van der Waals surface area contributed by atoms with Gasteiger partial charge in [-0.1, -0.05) is 60.7 Å². The van der Waals surface area contributed by atoms with Crippen LogP contribution in [0.1, 0.15) is 28.8 Å². The molecule has 10 rings (SSSR count). The third-order valence-electron chi connectivity index (χ3n) is 10.7. The Balaban J connectivity index is 1.23. The predicted molar refractivity (Wildman–Crippen MR) is 178 cm³/mol. The van der Waals surface area contributed by atoms with Gasteiger partial charge in [0.2, 0.25) is 5.91 Å². The minimum absolute atomic E-state index is 0.135. The third-order valence-corrected chi connectivity index (χ3v) is 10.7. The number of pyridine rings is 1. The molecule has 0 radical (unpaired) electrons. The van der Waals surface area contributed by atoms with Crippen molar-refractivity contribution in [3.8, 4) is 16.8 Å². The van der Waals surface area contributed by atoms with E-state index >= 15 is 0 Å². The van der Waals surface area contributed by atoms with Gasteiger partial charge in [0, 0.05) is 51.6 Å². The highest BCUT2D eigenvalue weighted by atomic mass is 16.1. The molecule has 1 amide bonds. The monoisotopic (exact) mass is 574 g/mol. The summed E-state index contributed by atoms with van der Waals surface area (Å²) in [5, 5.41) is 3.53. The second kappa shape index (κ2) is 9.63. The van der Waals surface area contributed by atoms with Crippen molar-refractivity contribution < 1.29 is 4.79 Å². The van der Waals surface area contributed by atoms with Crippen LogP contribution in [0, 0.1) is 17.3 Å². The van der Waals surface area contributed by atoms with Crippen molar-refractivity contribution in [2.24, 2.45) is 23.0 Å². The van der Waals surface area contributed by atoms with Crippen LogP contribution in [0.5, 0.6) is 0 Å². The molecule has 0 saturated carbocycles. The van der Waals surface area contributed by atoms with E-state index in [1.54, 1.807) is 0 Å². The molecule has 1 aliphatic carbocycles. The van der Waals surface area contributed by atoms with Crippen molar-refractivity contribution in [2.75, 3.05) is 19.6 Å². The molecule has 2 N–H and O–H groups in total. The maximum atomic E-state index is 12.8. The summed E-state index contributed by atoms with van der Waals surface area (Å²) in [6.07, 6.45) is 10.1. The van der Waals surface area contributed by atoms with Gasteiger partial charge in [0.05, 0.1) is 16.6 Å². The van der Waals surface area contributed by atoms with Crippen molar-refractivity contribution in [3.63, 3.8) is 0 Å². The first kappa shape index (κ1) is 25.7. The smallest absolute Gasteiger partial charge is 0.248 e. The quantitative estimate of drug-likeness (QED) is 0.209. The first-order valence-electron chi connectivity index (χ1n) is 15.8.